The van der Waals surface area contributed by atoms with Gasteiger partial charge in [0.2, 0.25) is 5.90 Å². The molecule has 14 heavy (non-hydrogen) atoms. The molecule has 2 rings (SSSR count). The van der Waals surface area contributed by atoms with Crippen LogP contribution in [0.5, 0.6) is 0 Å². The van der Waals surface area contributed by atoms with Crippen LogP contribution in [0, 0.1) is 6.73 Å². The number of hydrazone groups is 1. The van der Waals surface area contributed by atoms with E-state index >= 15 is 0 Å². The van der Waals surface area contributed by atoms with Crippen LogP contribution in [0.1, 0.15) is 5.56 Å². The largest absolute Gasteiger partial charge is 0.444 e. The average Bonchev–Trinajstić information content (AvgIpc) is 2.68. The Morgan fingerprint density at radius 1 is 1.36 bits per heavy atom. The number of hydrogen-bond acceptors (Lipinski definition) is 3. The van der Waals surface area contributed by atoms with Crippen molar-refractivity contribution >= 4 is 11.9 Å². The summed E-state index contributed by atoms with van der Waals surface area (Å²) in [6.45, 7) is 1.17. The predicted octanol–water partition coefficient (Wildman–Crippen LogP) is 0.878. The molecular weight excluding hydrogens is 182 g/mol. The standard InChI is InChI=1S/C9H8N3O2/c10-9(13)12-6-14-8(11-12)7-4-2-1-3-5-7/h1-6H,(H2,10,13). The summed E-state index contributed by atoms with van der Waals surface area (Å²) in [5, 5.41) is 4.80. The number of primary amides is 1. The van der Waals surface area contributed by atoms with E-state index in [9.17, 15) is 4.79 Å². The van der Waals surface area contributed by atoms with Crippen LogP contribution in [0.15, 0.2) is 35.4 Å². The summed E-state index contributed by atoms with van der Waals surface area (Å²) in [6.07, 6.45) is 0. The summed E-state index contributed by atoms with van der Waals surface area (Å²) in [6, 6.07) is 8.58. The van der Waals surface area contributed by atoms with Gasteiger partial charge in [-0.05, 0) is 12.1 Å². The van der Waals surface area contributed by atoms with E-state index < -0.39 is 6.03 Å². The number of ether oxygens (including phenoxy) is 1. The number of rotatable bonds is 1. The lowest BCUT2D eigenvalue weighted by molar-refractivity contribution is 0.206. The van der Waals surface area contributed by atoms with Gasteiger partial charge in [-0.1, -0.05) is 18.2 Å². The van der Waals surface area contributed by atoms with Gasteiger partial charge in [-0.15, -0.1) is 5.10 Å². The zero-order valence-electron chi connectivity index (χ0n) is 7.25. The van der Waals surface area contributed by atoms with Gasteiger partial charge in [0.05, 0.1) is 0 Å². The third-order valence-corrected chi connectivity index (χ3v) is 1.71. The third-order valence-electron chi connectivity index (χ3n) is 1.71. The first-order valence-electron chi connectivity index (χ1n) is 4.00. The highest BCUT2D eigenvalue weighted by Crippen LogP contribution is 2.13. The normalized spacial score (nSPS) is 14.9. The molecule has 1 aliphatic rings. The molecule has 0 spiro atoms. The molecule has 1 aromatic carbocycles. The number of carbonyl (C=O) groups is 1. The Morgan fingerprint density at radius 2 is 2.07 bits per heavy atom. The fraction of sp³-hybridized carbons (Fsp3) is 0. The number of urea groups is 1. The molecule has 5 heteroatoms. The maximum absolute atomic E-state index is 10.7. The van der Waals surface area contributed by atoms with Crippen LogP contribution >= 0.6 is 0 Å². The lowest BCUT2D eigenvalue weighted by Crippen LogP contribution is -2.26. The maximum Gasteiger partial charge on any atom is 0.338 e. The molecule has 1 heterocycles. The van der Waals surface area contributed by atoms with E-state index in [2.05, 4.69) is 5.10 Å². The molecule has 5 nitrogen and oxygen atoms in total. The molecule has 71 valence electrons. The van der Waals surface area contributed by atoms with Gasteiger partial charge in [0.25, 0.3) is 6.73 Å². The number of carbonyl (C=O) groups excluding carboxylic acids is 1. The van der Waals surface area contributed by atoms with E-state index in [1.54, 1.807) is 0 Å². The minimum Gasteiger partial charge on any atom is -0.444 e. The lowest BCUT2D eigenvalue weighted by Gasteiger charge is -2.00. The van der Waals surface area contributed by atoms with Crippen molar-refractivity contribution in [3.05, 3.63) is 42.6 Å². The van der Waals surface area contributed by atoms with Crippen molar-refractivity contribution in [2.75, 3.05) is 0 Å². The van der Waals surface area contributed by atoms with Crippen LogP contribution in [0.4, 0.5) is 4.79 Å². The van der Waals surface area contributed by atoms with E-state index in [0.29, 0.717) is 5.90 Å². The number of nitrogens with two attached hydrogens (primary N) is 1. The van der Waals surface area contributed by atoms with Gasteiger partial charge >= 0.3 is 6.03 Å². The smallest absolute Gasteiger partial charge is 0.338 e. The highest BCUT2D eigenvalue weighted by atomic mass is 16.5. The monoisotopic (exact) mass is 190 g/mol. The summed E-state index contributed by atoms with van der Waals surface area (Å²) in [7, 11) is 0. The molecule has 0 fully saturated rings. The van der Waals surface area contributed by atoms with Crippen molar-refractivity contribution in [3.63, 3.8) is 0 Å². The van der Waals surface area contributed by atoms with Crippen molar-refractivity contribution in [2.24, 2.45) is 10.8 Å². The summed E-state index contributed by atoms with van der Waals surface area (Å²) in [4.78, 5) is 10.7. The van der Waals surface area contributed by atoms with Crippen molar-refractivity contribution in [1.29, 1.82) is 0 Å². The van der Waals surface area contributed by atoms with Crippen LogP contribution < -0.4 is 5.73 Å². The van der Waals surface area contributed by atoms with Gasteiger partial charge in [0, 0.05) is 5.56 Å². The Balaban J connectivity index is 2.22. The molecule has 0 bridgehead atoms. The summed E-state index contributed by atoms with van der Waals surface area (Å²) < 4.78 is 5.06. The third kappa shape index (κ3) is 1.52. The second kappa shape index (κ2) is 3.37. The molecule has 2 N–H and O–H groups in total. The van der Waals surface area contributed by atoms with Crippen LogP contribution in [0.2, 0.25) is 0 Å². The Hall–Kier alpha value is -2.04. The Morgan fingerprint density at radius 3 is 2.64 bits per heavy atom. The van der Waals surface area contributed by atoms with Crippen LogP contribution in [-0.2, 0) is 4.74 Å². The van der Waals surface area contributed by atoms with Crippen molar-refractivity contribution in [1.82, 2.24) is 5.01 Å². The second-order valence-corrected chi connectivity index (χ2v) is 2.68. The Bertz CT molecular complexity index is 375. The topological polar surface area (TPSA) is 67.9 Å². The predicted molar refractivity (Wildman–Crippen MR) is 49.8 cm³/mol. The van der Waals surface area contributed by atoms with Crippen LogP contribution in [0.25, 0.3) is 0 Å². The van der Waals surface area contributed by atoms with Crippen molar-refractivity contribution < 1.29 is 9.53 Å². The fourth-order valence-electron chi connectivity index (χ4n) is 1.05. The first kappa shape index (κ1) is 8.55. The lowest BCUT2D eigenvalue weighted by atomic mass is 10.2. The number of benzene rings is 1. The highest BCUT2D eigenvalue weighted by Gasteiger charge is 2.21. The van der Waals surface area contributed by atoms with Crippen molar-refractivity contribution in [3.8, 4) is 0 Å². The maximum atomic E-state index is 10.7. The Labute approximate surface area is 80.8 Å². The van der Waals surface area contributed by atoms with Gasteiger partial charge in [0.1, 0.15) is 0 Å². The quantitative estimate of drug-likeness (QED) is 0.714. The van der Waals surface area contributed by atoms with E-state index in [4.69, 9.17) is 10.5 Å². The number of nitrogens with zero attached hydrogens (tertiary/aromatic N) is 2. The molecular formula is C9H8N3O2. The molecule has 1 aliphatic heterocycles. The zero-order chi connectivity index (χ0) is 9.97. The summed E-state index contributed by atoms with van der Waals surface area (Å²) in [5.41, 5.74) is 5.81. The van der Waals surface area contributed by atoms with E-state index in [1.165, 1.54) is 6.73 Å². The van der Waals surface area contributed by atoms with Gasteiger partial charge in [-0.2, -0.15) is 5.01 Å². The van der Waals surface area contributed by atoms with E-state index in [0.717, 1.165) is 10.6 Å². The zero-order valence-corrected chi connectivity index (χ0v) is 7.25. The van der Waals surface area contributed by atoms with Crippen LogP contribution in [-0.4, -0.2) is 16.9 Å². The minimum atomic E-state index is -0.670. The van der Waals surface area contributed by atoms with E-state index in [1.807, 2.05) is 30.3 Å². The van der Waals surface area contributed by atoms with Gasteiger partial charge in [-0.3, -0.25) is 0 Å². The van der Waals surface area contributed by atoms with E-state index in [-0.39, 0.29) is 0 Å². The SMILES string of the molecule is NC(=O)N1[CH]OC(c2ccccc2)=N1. The molecule has 2 amide bonds. The molecule has 0 aliphatic carbocycles. The van der Waals surface area contributed by atoms with Gasteiger partial charge in [0.15, 0.2) is 0 Å². The molecule has 0 saturated carbocycles. The molecule has 0 unspecified atom stereocenters. The first-order valence-corrected chi connectivity index (χ1v) is 4.00. The molecule has 1 aromatic rings. The number of hydrogen-bond donors (Lipinski definition) is 1. The number of amides is 2. The minimum absolute atomic E-state index is 0.365. The fourth-order valence-corrected chi connectivity index (χ4v) is 1.05. The molecule has 0 saturated heterocycles. The summed E-state index contributed by atoms with van der Waals surface area (Å²) in [5.74, 6) is 0.365. The summed E-state index contributed by atoms with van der Waals surface area (Å²) >= 11 is 0. The molecule has 0 aromatic heterocycles. The second-order valence-electron chi connectivity index (χ2n) is 2.68. The molecule has 1 radical (unpaired) electrons. The average molecular weight is 190 g/mol. The molecule has 0 atom stereocenters. The Kier molecular flexibility index (Phi) is 2.06. The highest BCUT2D eigenvalue weighted by molar-refractivity contribution is 5.96. The van der Waals surface area contributed by atoms with Crippen molar-refractivity contribution in [2.45, 2.75) is 0 Å². The van der Waals surface area contributed by atoms with Gasteiger partial charge < -0.3 is 10.5 Å². The van der Waals surface area contributed by atoms with Gasteiger partial charge in [-0.25, -0.2) is 4.79 Å². The first-order chi connectivity index (χ1) is 6.77. The van der Waals surface area contributed by atoms with Crippen LogP contribution in [0.3, 0.4) is 0 Å².